The fraction of sp³-hybridized carbons (Fsp3) is 1.00. The van der Waals surface area contributed by atoms with Gasteiger partial charge in [-0.2, -0.15) is 0 Å². The fourth-order valence-electron chi connectivity index (χ4n) is 1.08. The van der Waals surface area contributed by atoms with Crippen molar-refractivity contribution in [3.8, 4) is 0 Å². The molecule has 0 aromatic heterocycles. The van der Waals surface area contributed by atoms with E-state index in [1.807, 2.05) is 20.8 Å². The molecule has 0 spiro atoms. The van der Waals surface area contributed by atoms with Gasteiger partial charge in [0.1, 0.15) is 4.58 Å². The first-order chi connectivity index (χ1) is 6.78. The predicted octanol–water partition coefficient (Wildman–Crippen LogP) is 2.77. The minimum atomic E-state index is -3.03. The lowest BCUT2D eigenvalue weighted by Gasteiger charge is -2.20. The Hall–Kier alpha value is 0.650. The normalized spacial score (nSPS) is 34.3. The molecular formula is C8H17O4PS2. The summed E-state index contributed by atoms with van der Waals surface area (Å²) in [6, 6.07) is 0. The third-order valence-electron chi connectivity index (χ3n) is 1.74. The van der Waals surface area contributed by atoms with Crippen molar-refractivity contribution < 1.29 is 17.8 Å². The maximum atomic E-state index is 12.0. The summed E-state index contributed by atoms with van der Waals surface area (Å²) in [5.41, 5.74) is 0. The van der Waals surface area contributed by atoms with E-state index >= 15 is 0 Å². The molecule has 0 bridgehead atoms. The Kier molecular flexibility index (Phi) is 4.46. The van der Waals surface area contributed by atoms with Crippen molar-refractivity contribution >= 4 is 29.0 Å². The third kappa shape index (κ3) is 3.56. The van der Waals surface area contributed by atoms with Crippen LogP contribution >= 0.6 is 18.2 Å². The van der Waals surface area contributed by atoms with Gasteiger partial charge in [-0.25, -0.2) is 4.57 Å². The van der Waals surface area contributed by atoms with E-state index in [9.17, 15) is 8.77 Å². The molecule has 0 radical (unpaired) electrons. The van der Waals surface area contributed by atoms with Crippen molar-refractivity contribution in [3.63, 3.8) is 0 Å². The van der Waals surface area contributed by atoms with Gasteiger partial charge < -0.3 is 4.52 Å². The lowest BCUT2D eigenvalue weighted by molar-refractivity contribution is 0.242. The SMILES string of the molecule is CCOP1(=O)OCC(S(=O)C(C)(C)C)S1. The Morgan fingerprint density at radius 1 is 1.60 bits per heavy atom. The van der Waals surface area contributed by atoms with Gasteiger partial charge in [-0.1, -0.05) is 0 Å². The summed E-state index contributed by atoms with van der Waals surface area (Å²) in [6.45, 7) is 5.01. The molecule has 3 atom stereocenters. The maximum absolute atomic E-state index is 12.0. The Balaban J connectivity index is 2.65. The van der Waals surface area contributed by atoms with Gasteiger partial charge in [-0.05, 0) is 39.1 Å². The molecule has 1 aliphatic heterocycles. The molecular weight excluding hydrogens is 255 g/mol. The lowest BCUT2D eigenvalue weighted by Crippen LogP contribution is -2.29. The second-order valence-electron chi connectivity index (χ2n) is 4.11. The second-order valence-corrected chi connectivity index (χ2v) is 11.0. The summed E-state index contributed by atoms with van der Waals surface area (Å²) < 4.78 is 33.4. The highest BCUT2D eigenvalue weighted by Gasteiger charge is 2.43. The molecule has 0 N–H and O–H groups in total. The van der Waals surface area contributed by atoms with Crippen LogP contribution in [-0.2, 0) is 24.4 Å². The lowest BCUT2D eigenvalue weighted by atomic mass is 10.3. The molecule has 0 aliphatic carbocycles. The smallest absolute Gasteiger partial charge is 0.301 e. The van der Waals surface area contributed by atoms with Crippen LogP contribution in [0.2, 0.25) is 0 Å². The number of hydrogen-bond donors (Lipinski definition) is 0. The van der Waals surface area contributed by atoms with Gasteiger partial charge in [0.15, 0.2) is 0 Å². The zero-order valence-corrected chi connectivity index (χ0v) is 11.9. The van der Waals surface area contributed by atoms with E-state index in [0.717, 1.165) is 11.4 Å². The minimum Gasteiger partial charge on any atom is -0.301 e. The van der Waals surface area contributed by atoms with E-state index in [2.05, 4.69) is 0 Å². The van der Waals surface area contributed by atoms with Crippen LogP contribution < -0.4 is 0 Å². The van der Waals surface area contributed by atoms with Crippen LogP contribution in [0.25, 0.3) is 0 Å². The highest BCUT2D eigenvalue weighted by atomic mass is 32.7. The molecule has 90 valence electrons. The molecule has 0 saturated carbocycles. The largest absolute Gasteiger partial charge is 0.390 e. The summed E-state index contributed by atoms with van der Waals surface area (Å²) in [5, 5.41) is 0. The molecule has 3 unspecified atom stereocenters. The van der Waals surface area contributed by atoms with Gasteiger partial charge in [0.25, 0.3) is 0 Å². The highest BCUT2D eigenvalue weighted by Crippen LogP contribution is 2.67. The number of hydrogen-bond acceptors (Lipinski definition) is 5. The summed E-state index contributed by atoms with van der Waals surface area (Å²) in [4.78, 5) is 0. The van der Waals surface area contributed by atoms with Gasteiger partial charge in [-0.15, -0.1) is 0 Å². The van der Waals surface area contributed by atoms with E-state index in [1.165, 1.54) is 0 Å². The van der Waals surface area contributed by atoms with Crippen LogP contribution in [0.1, 0.15) is 27.7 Å². The Morgan fingerprint density at radius 2 is 2.20 bits per heavy atom. The Morgan fingerprint density at radius 3 is 2.67 bits per heavy atom. The zero-order valence-electron chi connectivity index (χ0n) is 9.39. The van der Waals surface area contributed by atoms with E-state index in [0.29, 0.717) is 6.61 Å². The first-order valence-electron chi connectivity index (χ1n) is 4.77. The first-order valence-corrected chi connectivity index (χ1v) is 9.01. The van der Waals surface area contributed by atoms with E-state index in [4.69, 9.17) is 9.05 Å². The van der Waals surface area contributed by atoms with Crippen LogP contribution in [0, 0.1) is 0 Å². The topological polar surface area (TPSA) is 52.6 Å². The standard InChI is InChI=1S/C8H17O4PS2/c1-5-11-13(9)12-6-7(14-13)15(10)8(2,3)4/h7H,5-6H2,1-4H3. The molecule has 7 heteroatoms. The molecule has 4 nitrogen and oxygen atoms in total. The minimum absolute atomic E-state index is 0.242. The van der Waals surface area contributed by atoms with Crippen molar-refractivity contribution in [2.45, 2.75) is 37.0 Å². The Labute approximate surface area is 97.2 Å². The van der Waals surface area contributed by atoms with Crippen LogP contribution in [-0.4, -0.2) is 26.8 Å². The predicted molar refractivity (Wildman–Crippen MR) is 64.5 cm³/mol. The van der Waals surface area contributed by atoms with Crippen LogP contribution in [0.15, 0.2) is 0 Å². The van der Waals surface area contributed by atoms with Gasteiger partial charge in [0.2, 0.25) is 0 Å². The quantitative estimate of drug-likeness (QED) is 0.739. The van der Waals surface area contributed by atoms with Gasteiger partial charge in [0.05, 0.1) is 13.2 Å². The molecule has 1 fully saturated rings. The average Bonchev–Trinajstić information content (AvgIpc) is 2.45. The van der Waals surface area contributed by atoms with Gasteiger partial charge >= 0.3 is 6.80 Å². The van der Waals surface area contributed by atoms with E-state index in [-0.39, 0.29) is 15.9 Å². The molecule has 0 aromatic rings. The molecule has 15 heavy (non-hydrogen) atoms. The van der Waals surface area contributed by atoms with E-state index in [1.54, 1.807) is 6.92 Å². The van der Waals surface area contributed by atoms with Crippen molar-refractivity contribution in [3.05, 3.63) is 0 Å². The van der Waals surface area contributed by atoms with Gasteiger partial charge in [-0.3, -0.25) is 8.73 Å². The summed E-state index contributed by atoms with van der Waals surface area (Å²) in [5.74, 6) is 0. The summed E-state index contributed by atoms with van der Waals surface area (Å²) >= 11 is 1.08. The van der Waals surface area contributed by atoms with Crippen molar-refractivity contribution in [1.82, 2.24) is 0 Å². The first kappa shape index (κ1) is 13.7. The van der Waals surface area contributed by atoms with Gasteiger partial charge in [0, 0.05) is 15.5 Å². The fourth-order valence-corrected chi connectivity index (χ4v) is 8.26. The average molecular weight is 272 g/mol. The molecule has 1 saturated heterocycles. The summed E-state index contributed by atoms with van der Waals surface area (Å²) in [6.07, 6.45) is 0. The second kappa shape index (κ2) is 4.88. The van der Waals surface area contributed by atoms with Crippen molar-refractivity contribution in [1.29, 1.82) is 0 Å². The Bertz CT molecular complexity index is 300. The molecule has 0 aromatic carbocycles. The monoisotopic (exact) mass is 272 g/mol. The zero-order chi connectivity index (χ0) is 11.7. The molecule has 1 aliphatic rings. The highest BCUT2D eigenvalue weighted by molar-refractivity contribution is 8.58. The molecule has 1 heterocycles. The maximum Gasteiger partial charge on any atom is 0.390 e. The van der Waals surface area contributed by atoms with E-state index < -0.39 is 17.6 Å². The molecule has 1 rings (SSSR count). The van der Waals surface area contributed by atoms with Crippen LogP contribution in [0.4, 0.5) is 0 Å². The van der Waals surface area contributed by atoms with Crippen LogP contribution in [0.3, 0.4) is 0 Å². The van der Waals surface area contributed by atoms with Crippen molar-refractivity contribution in [2.24, 2.45) is 0 Å². The molecule has 0 amide bonds. The van der Waals surface area contributed by atoms with Crippen LogP contribution in [0.5, 0.6) is 0 Å². The van der Waals surface area contributed by atoms with Crippen molar-refractivity contribution in [2.75, 3.05) is 13.2 Å². The third-order valence-corrected chi connectivity index (χ3v) is 8.65. The summed E-state index contributed by atoms with van der Waals surface area (Å²) in [7, 11) is -1.08. The number of rotatable bonds is 3.